The molecule has 0 amide bonds. The van der Waals surface area contributed by atoms with E-state index in [1.807, 2.05) is 69.2 Å². The molecule has 1 radical (unpaired) electrons. The Balaban J connectivity index is 0. The van der Waals surface area contributed by atoms with Crippen molar-refractivity contribution in [3.8, 4) is 0 Å². The van der Waals surface area contributed by atoms with Crippen molar-refractivity contribution in [1.29, 1.82) is 0 Å². The number of rotatable bonds is 7. The van der Waals surface area contributed by atoms with Crippen molar-refractivity contribution in [3.05, 3.63) is 5.92 Å². The summed E-state index contributed by atoms with van der Waals surface area (Å²) in [7, 11) is 0. The molecule has 0 saturated carbocycles. The first-order valence-corrected chi connectivity index (χ1v) is 8.86. The van der Waals surface area contributed by atoms with Crippen molar-refractivity contribution in [2.24, 2.45) is 0 Å². The summed E-state index contributed by atoms with van der Waals surface area (Å²) in [6.45, 7) is 26.1. The highest BCUT2D eigenvalue weighted by atomic mass is 17.2. The van der Waals surface area contributed by atoms with E-state index in [-0.39, 0.29) is 22.4 Å². The van der Waals surface area contributed by atoms with E-state index in [0.717, 1.165) is 12.8 Å². The van der Waals surface area contributed by atoms with E-state index in [1.165, 1.54) is 5.92 Å². The van der Waals surface area contributed by atoms with Crippen LogP contribution in [-0.2, 0) is 19.6 Å². The Hall–Kier alpha value is -0.160. The highest BCUT2D eigenvalue weighted by Crippen LogP contribution is 2.27. The van der Waals surface area contributed by atoms with Crippen LogP contribution in [0, 0.1) is 5.92 Å². The van der Waals surface area contributed by atoms with Gasteiger partial charge < -0.3 is 0 Å². The molecule has 4 nitrogen and oxygen atoms in total. The van der Waals surface area contributed by atoms with Crippen LogP contribution in [0.2, 0.25) is 0 Å². The lowest BCUT2D eigenvalue weighted by Crippen LogP contribution is -2.35. The first-order chi connectivity index (χ1) is 10.4. The summed E-state index contributed by atoms with van der Waals surface area (Å²) in [4.78, 5) is 21.9. The van der Waals surface area contributed by atoms with Gasteiger partial charge in [-0.1, -0.05) is 20.8 Å². The van der Waals surface area contributed by atoms with Gasteiger partial charge in [-0.15, -0.1) is 0 Å². The van der Waals surface area contributed by atoms with Gasteiger partial charge in [0.2, 0.25) is 0 Å². The lowest BCUT2D eigenvalue weighted by atomic mass is 9.94. The Morgan fingerprint density at radius 1 is 0.500 bits per heavy atom. The molecule has 0 bridgehead atoms. The summed E-state index contributed by atoms with van der Waals surface area (Å²) < 4.78 is 0. The lowest BCUT2D eigenvalue weighted by Gasteiger charge is -2.33. The molecule has 0 N–H and O–H groups in total. The van der Waals surface area contributed by atoms with Crippen molar-refractivity contribution in [1.82, 2.24) is 0 Å². The zero-order valence-electron chi connectivity index (χ0n) is 18.5. The van der Waals surface area contributed by atoms with Crippen molar-refractivity contribution in [3.63, 3.8) is 0 Å². The fourth-order valence-electron chi connectivity index (χ4n) is 1.16. The van der Waals surface area contributed by atoms with Crippen molar-refractivity contribution < 1.29 is 19.6 Å². The molecule has 0 fully saturated rings. The second-order valence-corrected chi connectivity index (χ2v) is 10.1. The molecule has 0 aromatic heterocycles. The van der Waals surface area contributed by atoms with Crippen LogP contribution >= 0.6 is 0 Å². The standard InChI is InChI=1S/C16H34O4.C4H9/c1-13(2,3)17-19-15(7,8)11-12-16(9,10)20-18-14(4,5)6;1-4(2)3/h11-12H2,1-10H3;1-3H3. The van der Waals surface area contributed by atoms with Crippen LogP contribution < -0.4 is 0 Å². The molecule has 0 saturated heterocycles. The summed E-state index contributed by atoms with van der Waals surface area (Å²) in [5.41, 5.74) is -1.34. The van der Waals surface area contributed by atoms with Crippen LogP contribution in [0.15, 0.2) is 0 Å². The van der Waals surface area contributed by atoms with Gasteiger partial charge in [0.25, 0.3) is 0 Å². The van der Waals surface area contributed by atoms with Gasteiger partial charge in [-0.05, 0) is 88.0 Å². The number of hydrogen-bond donors (Lipinski definition) is 0. The molecule has 0 aromatic carbocycles. The zero-order chi connectivity index (χ0) is 19.8. The monoisotopic (exact) mass is 347 g/mol. The molecule has 0 aliphatic carbocycles. The van der Waals surface area contributed by atoms with Gasteiger partial charge in [0.1, 0.15) is 0 Å². The highest BCUT2D eigenvalue weighted by molar-refractivity contribution is 4.75. The summed E-state index contributed by atoms with van der Waals surface area (Å²) in [6, 6.07) is 0. The summed E-state index contributed by atoms with van der Waals surface area (Å²) in [5.74, 6) is 1.42. The Bertz CT molecular complexity index is 287. The molecule has 0 rings (SSSR count). The minimum atomic E-state index is -0.365. The third kappa shape index (κ3) is 21.8. The predicted octanol–water partition coefficient (Wildman–Crippen LogP) is 6.44. The van der Waals surface area contributed by atoms with Gasteiger partial charge in [0.05, 0.1) is 22.4 Å². The Kier molecular flexibility index (Phi) is 11.0. The van der Waals surface area contributed by atoms with E-state index in [4.69, 9.17) is 19.6 Å². The lowest BCUT2D eigenvalue weighted by molar-refractivity contribution is -0.410. The Morgan fingerprint density at radius 2 is 0.708 bits per heavy atom. The van der Waals surface area contributed by atoms with E-state index < -0.39 is 0 Å². The van der Waals surface area contributed by atoms with E-state index in [1.54, 1.807) is 0 Å². The molecule has 0 aliphatic heterocycles. The molecule has 0 unspecified atom stereocenters. The molecule has 0 heterocycles. The van der Waals surface area contributed by atoms with Crippen molar-refractivity contribution in [2.45, 2.75) is 125 Å². The molecular formula is C20H43O4. The summed E-state index contributed by atoms with van der Waals surface area (Å²) in [5, 5.41) is 0. The maximum Gasteiger partial charge on any atom is 0.0981 e. The average molecular weight is 348 g/mol. The van der Waals surface area contributed by atoms with Crippen molar-refractivity contribution in [2.75, 3.05) is 0 Å². The van der Waals surface area contributed by atoms with Crippen LogP contribution in [0.5, 0.6) is 0 Å². The fraction of sp³-hybridized carbons (Fsp3) is 0.950. The topological polar surface area (TPSA) is 36.9 Å². The smallest absolute Gasteiger partial charge is 0.0981 e. The highest BCUT2D eigenvalue weighted by Gasteiger charge is 2.30. The van der Waals surface area contributed by atoms with Crippen LogP contribution in [0.3, 0.4) is 0 Å². The van der Waals surface area contributed by atoms with E-state index in [9.17, 15) is 0 Å². The van der Waals surface area contributed by atoms with Gasteiger partial charge in [-0.3, -0.25) is 0 Å². The van der Waals surface area contributed by atoms with E-state index in [0.29, 0.717) is 0 Å². The molecule has 0 spiro atoms. The molecule has 0 atom stereocenters. The largest absolute Gasteiger partial charge is 0.230 e. The van der Waals surface area contributed by atoms with Crippen LogP contribution in [0.25, 0.3) is 0 Å². The average Bonchev–Trinajstić information content (AvgIpc) is 2.30. The van der Waals surface area contributed by atoms with E-state index in [2.05, 4.69) is 20.8 Å². The molecule has 24 heavy (non-hydrogen) atoms. The fourth-order valence-corrected chi connectivity index (χ4v) is 1.16. The van der Waals surface area contributed by atoms with Gasteiger partial charge in [-0.2, -0.15) is 0 Å². The van der Waals surface area contributed by atoms with Gasteiger partial charge in [0, 0.05) is 0 Å². The van der Waals surface area contributed by atoms with Gasteiger partial charge in [0.15, 0.2) is 0 Å². The quantitative estimate of drug-likeness (QED) is 0.392. The second-order valence-electron chi connectivity index (χ2n) is 10.1. The first kappa shape index (κ1) is 26.1. The SMILES string of the molecule is CC(C)(C)OOC(C)(C)CCC(C)(C)OOC(C)(C)C.C[C](C)C. The van der Waals surface area contributed by atoms with Gasteiger partial charge in [-0.25, -0.2) is 19.6 Å². The van der Waals surface area contributed by atoms with Crippen LogP contribution in [-0.4, -0.2) is 22.4 Å². The Labute approximate surface area is 151 Å². The Morgan fingerprint density at radius 3 is 0.875 bits per heavy atom. The van der Waals surface area contributed by atoms with Crippen molar-refractivity contribution >= 4 is 0 Å². The second kappa shape index (κ2) is 10.1. The van der Waals surface area contributed by atoms with Crippen LogP contribution in [0.4, 0.5) is 0 Å². The summed E-state index contributed by atoms with van der Waals surface area (Å²) >= 11 is 0. The minimum absolute atomic E-state index is 0.307. The third-order valence-electron chi connectivity index (χ3n) is 2.36. The van der Waals surface area contributed by atoms with Crippen LogP contribution in [0.1, 0.15) is 103 Å². The normalized spacial score (nSPS) is 13.8. The number of hydrogen-bond acceptors (Lipinski definition) is 4. The predicted molar refractivity (Wildman–Crippen MR) is 102 cm³/mol. The molecule has 0 aromatic rings. The zero-order valence-corrected chi connectivity index (χ0v) is 18.5. The molecule has 0 aliphatic rings. The third-order valence-corrected chi connectivity index (χ3v) is 2.36. The molecule has 147 valence electrons. The molecular weight excluding hydrogens is 304 g/mol. The van der Waals surface area contributed by atoms with Gasteiger partial charge >= 0.3 is 0 Å². The minimum Gasteiger partial charge on any atom is -0.230 e. The molecule has 4 heteroatoms. The maximum atomic E-state index is 5.54. The van der Waals surface area contributed by atoms with E-state index >= 15 is 0 Å². The maximum absolute atomic E-state index is 5.54. The first-order valence-electron chi connectivity index (χ1n) is 8.86. The summed E-state index contributed by atoms with van der Waals surface area (Å²) in [6.07, 6.45) is 1.62.